The van der Waals surface area contributed by atoms with Gasteiger partial charge in [-0.2, -0.15) is 0 Å². The van der Waals surface area contributed by atoms with Crippen molar-refractivity contribution in [3.8, 4) is 0 Å². The summed E-state index contributed by atoms with van der Waals surface area (Å²) in [5, 5.41) is 12.5. The second kappa shape index (κ2) is 18.1. The molecule has 1 fully saturated rings. The summed E-state index contributed by atoms with van der Waals surface area (Å²) in [5.74, 6) is 0. The zero-order valence-corrected chi connectivity index (χ0v) is 32.0. The quantitative estimate of drug-likeness (QED) is 0.146. The van der Waals surface area contributed by atoms with Crippen LogP contribution in [0.25, 0.3) is 0 Å². The second-order valence-corrected chi connectivity index (χ2v) is 32.6. The standard InChI is InChI=1S/C22H37O5Si.3C4H9.Sn/c1-15(2)28(16(3)4,17(5)6)27-20-19(23)14-26-22(24-7)21(20)25-13-18-11-9-8-10-12-18;3*1-3-4-2;/h8-12,14-17,19-23H,13H2,1-7H3;3*1,3-4H2,2H3;/t19-,20+,21-,22-;;;;/m1..../s1. The van der Waals surface area contributed by atoms with E-state index in [1.54, 1.807) is 7.11 Å². The molecule has 1 aromatic carbocycles. The van der Waals surface area contributed by atoms with Gasteiger partial charge >= 0.3 is 260 Å². The molecular weight excluding hydrogens is 635 g/mol. The minimum atomic E-state index is -3.06. The fourth-order valence-corrected chi connectivity index (χ4v) is 30.6. The van der Waals surface area contributed by atoms with Crippen LogP contribution in [-0.4, -0.2) is 67.6 Å². The molecule has 5 nitrogen and oxygen atoms in total. The molecule has 1 saturated heterocycles. The van der Waals surface area contributed by atoms with Crippen LogP contribution in [0.15, 0.2) is 30.3 Å². The Bertz CT molecular complexity index is 792. The zero-order valence-electron chi connectivity index (χ0n) is 28.2. The summed E-state index contributed by atoms with van der Waals surface area (Å²) in [6.45, 7) is 21.2. The van der Waals surface area contributed by atoms with E-state index in [-0.39, 0.29) is 4.12 Å². The number of unbranched alkanes of at least 4 members (excludes halogenated alkanes) is 3. The van der Waals surface area contributed by atoms with Crippen molar-refractivity contribution in [2.45, 2.75) is 166 Å². The third-order valence-corrected chi connectivity index (χ3v) is 32.2. The third kappa shape index (κ3) is 9.27. The van der Waals surface area contributed by atoms with Crippen LogP contribution < -0.4 is 0 Å². The summed E-state index contributed by atoms with van der Waals surface area (Å²) in [6, 6.07) is 10.3. The SMILES string of the molecule is CCC[CH2][Sn]([CH2]CCC)([CH2]CCC)[C@H]1O[C@@H](OC)[C@H](OCc2ccccc2)[C@@H](O[Si](C(C)C)(C(C)C)C(C)C)[C@@H]1O. The molecule has 238 valence electrons. The summed E-state index contributed by atoms with van der Waals surface area (Å²) in [7, 11) is -0.611. The predicted octanol–water partition coefficient (Wildman–Crippen LogP) is 9.25. The molecule has 0 bridgehead atoms. The number of benzene rings is 1. The van der Waals surface area contributed by atoms with Crippen molar-refractivity contribution in [3.63, 3.8) is 0 Å². The van der Waals surface area contributed by atoms with Crippen molar-refractivity contribution in [2.75, 3.05) is 7.11 Å². The van der Waals surface area contributed by atoms with Crippen LogP contribution in [0.1, 0.15) is 106 Å². The van der Waals surface area contributed by atoms with E-state index < -0.39 is 51.3 Å². The number of hydrogen-bond acceptors (Lipinski definition) is 5. The van der Waals surface area contributed by atoms with Gasteiger partial charge in [0.05, 0.1) is 0 Å². The van der Waals surface area contributed by atoms with E-state index >= 15 is 0 Å². The number of aliphatic hydroxyl groups is 1. The first-order valence-corrected chi connectivity index (χ1v) is 26.6. The Morgan fingerprint density at radius 1 is 0.805 bits per heavy atom. The molecule has 0 aromatic heterocycles. The van der Waals surface area contributed by atoms with Crippen LogP contribution in [0.4, 0.5) is 0 Å². The van der Waals surface area contributed by atoms with Crippen molar-refractivity contribution in [2.24, 2.45) is 0 Å². The molecule has 0 unspecified atom stereocenters. The molecule has 0 amide bonds. The van der Waals surface area contributed by atoms with E-state index in [1.807, 2.05) is 18.2 Å². The predicted molar refractivity (Wildman–Crippen MR) is 178 cm³/mol. The maximum atomic E-state index is 12.5. The van der Waals surface area contributed by atoms with E-state index in [2.05, 4.69) is 74.4 Å². The van der Waals surface area contributed by atoms with Gasteiger partial charge in [-0.25, -0.2) is 0 Å². The van der Waals surface area contributed by atoms with Gasteiger partial charge in [0.2, 0.25) is 0 Å². The summed E-state index contributed by atoms with van der Waals surface area (Å²) < 4.78 is 30.8. The Morgan fingerprint density at radius 3 is 1.71 bits per heavy atom. The fraction of sp³-hybridized carbons (Fsp3) is 0.824. The van der Waals surface area contributed by atoms with Crippen LogP contribution in [0.2, 0.25) is 29.9 Å². The first-order chi connectivity index (χ1) is 19.5. The molecule has 0 radical (unpaired) electrons. The molecule has 2 rings (SSSR count). The molecule has 41 heavy (non-hydrogen) atoms. The Labute approximate surface area is 258 Å². The molecule has 1 aliphatic rings. The van der Waals surface area contributed by atoms with Crippen LogP contribution in [0.3, 0.4) is 0 Å². The molecule has 1 aromatic rings. The van der Waals surface area contributed by atoms with Gasteiger partial charge in [0.1, 0.15) is 0 Å². The second-order valence-electron chi connectivity index (χ2n) is 13.5. The molecule has 0 saturated carbocycles. The molecule has 0 spiro atoms. The van der Waals surface area contributed by atoms with Crippen LogP contribution in [0, 0.1) is 0 Å². The van der Waals surface area contributed by atoms with Crippen LogP contribution >= 0.6 is 0 Å². The Kier molecular flexibility index (Phi) is 16.4. The zero-order chi connectivity index (χ0) is 30.6. The van der Waals surface area contributed by atoms with E-state index in [1.165, 1.54) is 51.8 Å². The molecule has 0 aliphatic carbocycles. The average molecular weight is 700 g/mol. The number of aliphatic hydroxyl groups excluding tert-OH is 1. The molecular formula is C34H64O5SiSn. The molecule has 1 heterocycles. The summed E-state index contributed by atoms with van der Waals surface area (Å²) in [6.07, 6.45) is 4.97. The van der Waals surface area contributed by atoms with Gasteiger partial charge in [0, 0.05) is 0 Å². The van der Waals surface area contributed by atoms with Gasteiger partial charge in [0.15, 0.2) is 0 Å². The van der Waals surface area contributed by atoms with Crippen molar-refractivity contribution < 1.29 is 23.7 Å². The van der Waals surface area contributed by atoms with Gasteiger partial charge in [-0.3, -0.25) is 0 Å². The Balaban J connectivity index is 2.64. The van der Waals surface area contributed by atoms with E-state index in [0.717, 1.165) is 5.56 Å². The van der Waals surface area contributed by atoms with Crippen molar-refractivity contribution in [3.05, 3.63) is 35.9 Å². The molecule has 1 aliphatic heterocycles. The maximum absolute atomic E-state index is 12.5. The van der Waals surface area contributed by atoms with Crippen molar-refractivity contribution >= 4 is 26.7 Å². The summed E-state index contributed by atoms with van der Waals surface area (Å²) in [4.78, 5) is 0. The molecule has 1 N–H and O–H groups in total. The number of ether oxygens (including phenoxy) is 3. The number of hydrogen-bond donors (Lipinski definition) is 1. The third-order valence-electron chi connectivity index (χ3n) is 9.77. The van der Waals surface area contributed by atoms with Crippen molar-refractivity contribution in [1.29, 1.82) is 0 Å². The summed E-state index contributed by atoms with van der Waals surface area (Å²) >= 11 is -3.06. The van der Waals surface area contributed by atoms with Crippen LogP contribution in [0.5, 0.6) is 0 Å². The Morgan fingerprint density at radius 2 is 1.29 bits per heavy atom. The summed E-state index contributed by atoms with van der Waals surface area (Å²) in [5.41, 5.74) is 2.31. The van der Waals surface area contributed by atoms with Gasteiger partial charge in [-0.15, -0.1) is 0 Å². The fourth-order valence-electron chi connectivity index (χ4n) is 7.63. The van der Waals surface area contributed by atoms with Gasteiger partial charge in [0.25, 0.3) is 0 Å². The Hall–Kier alpha value is 0.0356. The van der Waals surface area contributed by atoms with E-state index in [4.69, 9.17) is 18.6 Å². The first-order valence-electron chi connectivity index (χ1n) is 16.7. The molecule has 7 heteroatoms. The minimum absolute atomic E-state index is 0.154. The van der Waals surface area contributed by atoms with Gasteiger partial charge in [-0.1, -0.05) is 0 Å². The van der Waals surface area contributed by atoms with Gasteiger partial charge in [-0.05, 0) is 0 Å². The van der Waals surface area contributed by atoms with E-state index in [9.17, 15) is 5.11 Å². The van der Waals surface area contributed by atoms with Crippen LogP contribution in [-0.2, 0) is 25.2 Å². The number of rotatable bonds is 19. The normalized spacial score (nSPS) is 24.1. The average Bonchev–Trinajstić information content (AvgIpc) is 2.95. The van der Waals surface area contributed by atoms with Crippen molar-refractivity contribution in [1.82, 2.24) is 0 Å². The monoisotopic (exact) mass is 700 g/mol. The topological polar surface area (TPSA) is 57.2 Å². The van der Waals surface area contributed by atoms with E-state index in [0.29, 0.717) is 23.2 Å². The molecule has 5 atom stereocenters. The first kappa shape index (κ1) is 37.2. The number of methoxy groups -OCH3 is 1. The van der Waals surface area contributed by atoms with Gasteiger partial charge < -0.3 is 0 Å².